The number of aliphatic imine (C=N–C) groups is 1. The monoisotopic (exact) mass is 863 g/mol. The van der Waals surface area contributed by atoms with Crippen LogP contribution in [-0.2, 0) is 21.4 Å². The Labute approximate surface area is 363 Å². The van der Waals surface area contributed by atoms with Gasteiger partial charge < -0.3 is 29.5 Å². The summed E-state index contributed by atoms with van der Waals surface area (Å²) in [5.41, 5.74) is 4.89. The molecule has 0 aliphatic carbocycles. The number of halogens is 2. The summed E-state index contributed by atoms with van der Waals surface area (Å²) in [7, 11) is 1.83. The first-order chi connectivity index (χ1) is 30.4. The third-order valence-corrected chi connectivity index (χ3v) is 12.8. The topological polar surface area (TPSA) is 164 Å². The van der Waals surface area contributed by atoms with E-state index in [0.717, 1.165) is 47.6 Å². The maximum Gasteiger partial charge on any atom is 0.280 e. The van der Waals surface area contributed by atoms with Gasteiger partial charge in [0.2, 0.25) is 29.6 Å². The molecule has 3 fully saturated rings. The van der Waals surface area contributed by atoms with Crippen molar-refractivity contribution >= 4 is 46.7 Å². The van der Waals surface area contributed by atoms with Crippen molar-refractivity contribution in [1.29, 1.82) is 0 Å². The highest BCUT2D eigenvalue weighted by Gasteiger charge is 2.35. The molecule has 0 radical (unpaired) electrons. The number of nitrogens with one attached hydrogen (secondary N) is 2. The van der Waals surface area contributed by atoms with Gasteiger partial charge in [0.25, 0.3) is 5.91 Å². The van der Waals surface area contributed by atoms with Crippen molar-refractivity contribution < 1.29 is 37.4 Å². The first kappa shape index (κ1) is 41.9. The molecule has 2 aromatic carbocycles. The molecule has 2 N–H and O–H groups in total. The van der Waals surface area contributed by atoms with Gasteiger partial charge in [0, 0.05) is 99.6 Å². The number of anilines is 3. The predicted molar refractivity (Wildman–Crippen MR) is 231 cm³/mol. The average Bonchev–Trinajstić information content (AvgIpc) is 3.80. The van der Waals surface area contributed by atoms with Crippen LogP contribution in [0.1, 0.15) is 85.8 Å². The van der Waals surface area contributed by atoms with Gasteiger partial charge in [-0.2, -0.15) is 10.1 Å². The summed E-state index contributed by atoms with van der Waals surface area (Å²) in [5.74, 6) is -3.07. The Kier molecular flexibility index (Phi) is 11.6. The summed E-state index contributed by atoms with van der Waals surface area (Å²) in [6.07, 6.45) is 5.56. The number of hydrogen-bond acceptors (Lipinski definition) is 11. The third kappa shape index (κ3) is 8.69. The quantitative estimate of drug-likeness (QED) is 0.223. The zero-order chi connectivity index (χ0) is 43.9. The third-order valence-electron chi connectivity index (χ3n) is 12.8. The molecule has 0 unspecified atom stereocenters. The van der Waals surface area contributed by atoms with Gasteiger partial charge in [-0.3, -0.25) is 29.5 Å². The van der Waals surface area contributed by atoms with Crippen LogP contribution < -0.4 is 29.9 Å². The van der Waals surface area contributed by atoms with E-state index in [1.165, 1.54) is 0 Å². The van der Waals surface area contributed by atoms with E-state index < -0.39 is 29.4 Å². The van der Waals surface area contributed by atoms with Crippen molar-refractivity contribution in [3.05, 3.63) is 77.1 Å². The van der Waals surface area contributed by atoms with Crippen molar-refractivity contribution in [2.24, 2.45) is 23.9 Å². The Morgan fingerprint density at radius 2 is 1.68 bits per heavy atom. The number of likely N-dealkylation sites (tertiary alicyclic amines) is 1. The van der Waals surface area contributed by atoms with Crippen LogP contribution in [0.25, 0.3) is 11.3 Å². The molecule has 17 heteroatoms. The number of piperidine rings is 3. The molecule has 63 heavy (non-hydrogen) atoms. The minimum atomic E-state index is -1.08. The Morgan fingerprint density at radius 1 is 0.921 bits per heavy atom. The van der Waals surface area contributed by atoms with Crippen molar-refractivity contribution in [3.63, 3.8) is 0 Å². The Hall–Kier alpha value is -6.39. The number of imide groups is 1. The summed E-state index contributed by atoms with van der Waals surface area (Å²) in [6, 6.07) is 11.9. The first-order valence-corrected chi connectivity index (χ1v) is 21.9. The van der Waals surface area contributed by atoms with E-state index in [1.54, 1.807) is 23.0 Å². The Bertz CT molecular complexity index is 2470. The van der Waals surface area contributed by atoms with Crippen molar-refractivity contribution in [2.75, 3.05) is 54.4 Å². The van der Waals surface area contributed by atoms with Crippen LogP contribution >= 0.6 is 0 Å². The smallest absolute Gasteiger partial charge is 0.280 e. The van der Waals surface area contributed by atoms with Crippen molar-refractivity contribution in [1.82, 2.24) is 25.0 Å². The summed E-state index contributed by atoms with van der Waals surface area (Å²) in [6.45, 7) is 7.53. The molecule has 7 heterocycles. The molecule has 5 aliphatic heterocycles. The van der Waals surface area contributed by atoms with Crippen LogP contribution in [0.4, 0.5) is 25.8 Å². The molecule has 0 saturated carbocycles. The maximum absolute atomic E-state index is 15.1. The van der Waals surface area contributed by atoms with Gasteiger partial charge >= 0.3 is 0 Å². The fraction of sp³-hybridized carbons (Fsp3) is 0.457. The van der Waals surface area contributed by atoms with E-state index in [-0.39, 0.29) is 53.9 Å². The van der Waals surface area contributed by atoms with Crippen LogP contribution in [0.15, 0.2) is 53.7 Å². The molecule has 2 aromatic heterocycles. The lowest BCUT2D eigenvalue weighted by atomic mass is 9.89. The molecule has 4 aromatic rings. The van der Waals surface area contributed by atoms with Crippen LogP contribution in [0.5, 0.6) is 11.6 Å². The number of hydrogen-bond donors (Lipinski definition) is 2. The lowest BCUT2D eigenvalue weighted by Crippen LogP contribution is -2.47. The van der Waals surface area contributed by atoms with Gasteiger partial charge in [0.1, 0.15) is 23.5 Å². The van der Waals surface area contributed by atoms with Gasteiger partial charge in [-0.15, -0.1) is 0 Å². The maximum atomic E-state index is 15.1. The summed E-state index contributed by atoms with van der Waals surface area (Å²) in [4.78, 5) is 67.0. The van der Waals surface area contributed by atoms with Crippen LogP contribution in [0.2, 0.25) is 0 Å². The summed E-state index contributed by atoms with van der Waals surface area (Å²) >= 11 is 0. The minimum absolute atomic E-state index is 0.0129. The van der Waals surface area contributed by atoms with Gasteiger partial charge in [0.15, 0.2) is 0 Å². The lowest BCUT2D eigenvalue weighted by molar-refractivity contribution is -0.138. The second kappa shape index (κ2) is 17.4. The molecule has 5 aliphatic rings. The van der Waals surface area contributed by atoms with E-state index in [2.05, 4.69) is 49.6 Å². The molecule has 4 amide bonds. The highest BCUT2D eigenvalue weighted by molar-refractivity contribution is 6.19. The standard InChI is InChI=1S/C46H51F2N9O6/c1-26-5-4-18-62-45-34(24-49-54(45)3)38-20-29(19-27(2)50-38)42(59)53-46-51-37-8-6-30(21-39(37)57(46)25-26)55-14-10-28(11-15-55)44(61)56-16-12-31(13-17-56)63-32-22-35(47)41(36(48)23-32)33-7-9-40(58)52-43(33)60/h6,8,19-24,26,28,31,33H,4-5,7,9-18,25H2,1-3H3,(H,51,53,59)(H,52,58,60)/t26-,33-/m1/s1. The number of nitrogens with zero attached hydrogens (tertiary/aromatic N) is 7. The van der Waals surface area contributed by atoms with Gasteiger partial charge in [-0.05, 0) is 75.3 Å². The SMILES string of the molecule is Cc1cc2cc(n1)-c1cnn(C)c1OCCC[C@@H](C)CN1/C(=N/C2=O)Nc2ccc(N3CCC(C(=O)N4CCC(Oc5cc(F)c([C@H]6CCC(=O)NC6=O)c(F)c5)CC4)CC3)cc21. The number of guanidine groups is 1. The van der Waals surface area contributed by atoms with Gasteiger partial charge in [0.05, 0.1) is 41.4 Å². The van der Waals surface area contributed by atoms with Gasteiger partial charge in [-0.1, -0.05) is 6.92 Å². The summed E-state index contributed by atoms with van der Waals surface area (Å²) in [5, 5.41) is 9.96. The fourth-order valence-corrected chi connectivity index (χ4v) is 9.45. The van der Waals surface area contributed by atoms with E-state index in [0.29, 0.717) is 93.8 Å². The Balaban J connectivity index is 0.826. The molecule has 0 spiro atoms. The number of pyridine rings is 1. The average molecular weight is 864 g/mol. The zero-order valence-electron chi connectivity index (χ0n) is 35.7. The molecule has 330 valence electrons. The van der Waals surface area contributed by atoms with Crippen LogP contribution in [0.3, 0.4) is 0 Å². The molecule has 2 bridgehead atoms. The molecular formula is C46H51F2N9O6. The second-order valence-corrected chi connectivity index (χ2v) is 17.4. The molecule has 15 nitrogen and oxygen atoms in total. The molecule has 3 saturated heterocycles. The first-order valence-electron chi connectivity index (χ1n) is 21.9. The predicted octanol–water partition coefficient (Wildman–Crippen LogP) is 6.11. The zero-order valence-corrected chi connectivity index (χ0v) is 35.7. The van der Waals surface area contributed by atoms with Crippen molar-refractivity contribution in [3.8, 4) is 22.9 Å². The number of fused-ring (bicyclic) bond motifs is 7. The molecule has 2 atom stereocenters. The number of rotatable bonds is 5. The largest absolute Gasteiger partial charge is 0.490 e. The van der Waals surface area contributed by atoms with E-state index in [4.69, 9.17) is 14.5 Å². The molecular weight excluding hydrogens is 813 g/mol. The Morgan fingerprint density at radius 3 is 2.43 bits per heavy atom. The van der Waals surface area contributed by atoms with Crippen molar-refractivity contribution in [2.45, 2.75) is 77.2 Å². The van der Waals surface area contributed by atoms with Crippen LogP contribution in [0, 0.1) is 30.4 Å². The fourth-order valence-electron chi connectivity index (χ4n) is 9.45. The number of benzene rings is 2. The van der Waals surface area contributed by atoms with Gasteiger partial charge in [-0.25, -0.2) is 13.5 Å². The van der Waals surface area contributed by atoms with Crippen LogP contribution in [-0.4, -0.2) is 94.7 Å². The minimum Gasteiger partial charge on any atom is -0.490 e. The number of carbonyl (C=O) groups is 4. The summed E-state index contributed by atoms with van der Waals surface area (Å²) < 4.78 is 44.1. The number of amides is 4. The second-order valence-electron chi connectivity index (χ2n) is 17.4. The molecule has 9 rings (SSSR count). The highest BCUT2D eigenvalue weighted by Crippen LogP contribution is 2.39. The van der Waals surface area contributed by atoms with E-state index >= 15 is 8.78 Å². The van der Waals surface area contributed by atoms with E-state index in [1.807, 2.05) is 24.9 Å². The normalized spacial score (nSPS) is 22.1. The number of ether oxygens (including phenoxy) is 2. The number of aryl methyl sites for hydroxylation is 2. The highest BCUT2D eigenvalue weighted by atomic mass is 19.1. The number of carbonyl (C=O) groups excluding carboxylic acids is 4. The number of aromatic nitrogens is 3. The van der Waals surface area contributed by atoms with E-state index in [9.17, 15) is 19.2 Å². The lowest BCUT2D eigenvalue weighted by Gasteiger charge is -2.38.